The van der Waals surface area contributed by atoms with Gasteiger partial charge >= 0.3 is 6.03 Å². The summed E-state index contributed by atoms with van der Waals surface area (Å²) in [4.78, 5) is 18.4. The van der Waals surface area contributed by atoms with Crippen LogP contribution in [0.1, 0.15) is 52.3 Å². The average Bonchev–Trinajstić information content (AvgIpc) is 3.19. The summed E-state index contributed by atoms with van der Waals surface area (Å²) < 4.78 is 5.72. The number of anilines is 1. The Morgan fingerprint density at radius 1 is 1.03 bits per heavy atom. The lowest BCUT2D eigenvalue weighted by Crippen LogP contribution is -2.42. The Labute approximate surface area is 187 Å². The number of carbonyl (C=O) groups excluding carboxylic acids is 1. The molecule has 0 saturated carbocycles. The SMILES string of the molecule is CCOc1ccccc1NC(=O)N1CCc2c(sc3c2CCCC3)[C@@H]1c1ccccc1. The number of aryl methyl sites for hydroxylation is 1. The predicted octanol–water partition coefficient (Wildman–Crippen LogP) is 6.21. The van der Waals surface area contributed by atoms with Crippen LogP contribution in [-0.2, 0) is 19.3 Å². The van der Waals surface area contributed by atoms with Gasteiger partial charge in [0, 0.05) is 16.3 Å². The molecule has 0 fully saturated rings. The third-order valence-electron chi connectivity index (χ3n) is 6.28. The average molecular weight is 433 g/mol. The molecule has 4 nitrogen and oxygen atoms in total. The number of amides is 2. The summed E-state index contributed by atoms with van der Waals surface area (Å²) in [7, 11) is 0. The quantitative estimate of drug-likeness (QED) is 0.533. The fourth-order valence-corrected chi connectivity index (χ4v) is 6.46. The van der Waals surface area contributed by atoms with Crippen LogP contribution in [0.5, 0.6) is 5.75 Å². The molecule has 2 amide bonds. The van der Waals surface area contributed by atoms with Gasteiger partial charge in [-0.1, -0.05) is 42.5 Å². The molecule has 31 heavy (non-hydrogen) atoms. The number of ether oxygens (including phenoxy) is 1. The first-order valence-electron chi connectivity index (χ1n) is 11.2. The van der Waals surface area contributed by atoms with Crippen molar-refractivity contribution in [2.75, 3.05) is 18.5 Å². The molecular weight excluding hydrogens is 404 g/mol. The smallest absolute Gasteiger partial charge is 0.322 e. The van der Waals surface area contributed by atoms with Gasteiger partial charge in [0.15, 0.2) is 0 Å². The van der Waals surface area contributed by atoms with Gasteiger partial charge in [-0.25, -0.2) is 4.79 Å². The highest BCUT2D eigenvalue weighted by Gasteiger charge is 2.36. The zero-order chi connectivity index (χ0) is 21.2. The van der Waals surface area contributed by atoms with E-state index in [1.54, 1.807) is 10.4 Å². The lowest BCUT2D eigenvalue weighted by molar-refractivity contribution is 0.195. The molecular formula is C26H28N2O2S. The fraction of sp³-hybridized carbons (Fsp3) is 0.346. The zero-order valence-corrected chi connectivity index (χ0v) is 18.7. The predicted molar refractivity (Wildman–Crippen MR) is 126 cm³/mol. The van der Waals surface area contributed by atoms with Gasteiger partial charge < -0.3 is 15.0 Å². The maximum absolute atomic E-state index is 13.5. The molecule has 0 saturated heterocycles. The third-order valence-corrected chi connectivity index (χ3v) is 7.67. The molecule has 0 radical (unpaired) electrons. The van der Waals surface area contributed by atoms with Crippen molar-refractivity contribution in [2.45, 2.75) is 45.1 Å². The van der Waals surface area contributed by atoms with Crippen molar-refractivity contribution in [1.82, 2.24) is 4.90 Å². The summed E-state index contributed by atoms with van der Waals surface area (Å²) >= 11 is 1.93. The fourth-order valence-electron chi connectivity index (χ4n) is 4.87. The zero-order valence-electron chi connectivity index (χ0n) is 17.9. The molecule has 5 rings (SSSR count). The van der Waals surface area contributed by atoms with Gasteiger partial charge in [0.25, 0.3) is 0 Å². The number of hydrogen-bond acceptors (Lipinski definition) is 3. The molecule has 0 bridgehead atoms. The van der Waals surface area contributed by atoms with Crippen LogP contribution in [0.4, 0.5) is 10.5 Å². The van der Waals surface area contributed by atoms with E-state index in [4.69, 9.17) is 4.74 Å². The minimum absolute atomic E-state index is 0.0418. The maximum atomic E-state index is 13.5. The number of nitrogens with zero attached hydrogens (tertiary/aromatic N) is 1. The standard InChI is InChI=1S/C26H28N2O2S/c1-2-30-22-14-8-7-13-21(22)27-26(29)28-17-16-20-19-12-6-9-15-23(19)31-25(20)24(28)18-10-4-3-5-11-18/h3-5,7-8,10-11,13-14,24H,2,6,9,12,15-17H2,1H3,(H,27,29)/t24-/m0/s1. The van der Waals surface area contributed by atoms with Crippen LogP contribution >= 0.6 is 11.3 Å². The lowest BCUT2D eigenvalue weighted by atomic mass is 9.88. The minimum atomic E-state index is -0.0713. The highest BCUT2D eigenvalue weighted by Crippen LogP contribution is 2.45. The summed E-state index contributed by atoms with van der Waals surface area (Å²) in [6.45, 7) is 3.24. The molecule has 2 heterocycles. The first kappa shape index (κ1) is 20.1. The molecule has 160 valence electrons. The van der Waals surface area contributed by atoms with Crippen LogP contribution in [0.3, 0.4) is 0 Å². The highest BCUT2D eigenvalue weighted by molar-refractivity contribution is 7.12. The number of fused-ring (bicyclic) bond motifs is 3. The number of para-hydroxylation sites is 2. The monoisotopic (exact) mass is 432 g/mol. The molecule has 2 aromatic carbocycles. The third kappa shape index (κ3) is 3.83. The number of hydrogen-bond donors (Lipinski definition) is 1. The summed E-state index contributed by atoms with van der Waals surface area (Å²) in [5.74, 6) is 0.707. The number of urea groups is 1. The van der Waals surface area contributed by atoms with Crippen molar-refractivity contribution >= 4 is 23.1 Å². The number of rotatable bonds is 4. The van der Waals surface area contributed by atoms with E-state index in [2.05, 4.69) is 29.6 Å². The van der Waals surface area contributed by atoms with Crippen LogP contribution in [-0.4, -0.2) is 24.1 Å². The van der Waals surface area contributed by atoms with Gasteiger partial charge in [-0.15, -0.1) is 11.3 Å². The molecule has 1 N–H and O–H groups in total. The van der Waals surface area contributed by atoms with Crippen molar-refractivity contribution in [2.24, 2.45) is 0 Å². The molecule has 0 spiro atoms. The van der Waals surface area contributed by atoms with Crippen LogP contribution in [0, 0.1) is 0 Å². The summed E-state index contributed by atoms with van der Waals surface area (Å²) in [5, 5.41) is 3.12. The molecule has 0 unspecified atom stereocenters. The van der Waals surface area contributed by atoms with Crippen LogP contribution in [0.25, 0.3) is 0 Å². The van der Waals surface area contributed by atoms with Crippen LogP contribution in [0.2, 0.25) is 0 Å². The normalized spacial score (nSPS) is 17.6. The maximum Gasteiger partial charge on any atom is 0.322 e. The number of carbonyl (C=O) groups is 1. The van der Waals surface area contributed by atoms with Crippen molar-refractivity contribution in [1.29, 1.82) is 0 Å². The van der Waals surface area contributed by atoms with Gasteiger partial charge in [0.2, 0.25) is 0 Å². The Kier molecular flexibility index (Phi) is 5.68. The Balaban J connectivity index is 1.51. The van der Waals surface area contributed by atoms with Crippen LogP contribution < -0.4 is 10.1 Å². The molecule has 3 aromatic rings. The Hall–Kier alpha value is -2.79. The minimum Gasteiger partial charge on any atom is -0.492 e. The lowest BCUT2D eigenvalue weighted by Gasteiger charge is -2.36. The summed E-state index contributed by atoms with van der Waals surface area (Å²) in [5.41, 5.74) is 4.98. The largest absolute Gasteiger partial charge is 0.492 e. The summed E-state index contributed by atoms with van der Waals surface area (Å²) in [6, 6.07) is 18.0. The van der Waals surface area contributed by atoms with Crippen LogP contribution in [0.15, 0.2) is 54.6 Å². The number of benzene rings is 2. The van der Waals surface area contributed by atoms with Crippen molar-refractivity contribution in [3.05, 3.63) is 81.0 Å². The second-order valence-corrected chi connectivity index (χ2v) is 9.31. The van der Waals surface area contributed by atoms with E-state index in [1.165, 1.54) is 41.7 Å². The van der Waals surface area contributed by atoms with E-state index in [1.807, 2.05) is 53.5 Å². The second-order valence-electron chi connectivity index (χ2n) is 8.17. The number of thiophene rings is 1. The topological polar surface area (TPSA) is 41.6 Å². The molecule has 1 atom stereocenters. The van der Waals surface area contributed by atoms with Gasteiger partial charge in [0.05, 0.1) is 18.3 Å². The Bertz CT molecular complexity index is 1080. The van der Waals surface area contributed by atoms with E-state index in [0.29, 0.717) is 12.4 Å². The van der Waals surface area contributed by atoms with Crippen molar-refractivity contribution in [3.8, 4) is 5.75 Å². The summed E-state index contributed by atoms with van der Waals surface area (Å²) in [6.07, 6.45) is 5.87. The first-order valence-corrected chi connectivity index (χ1v) is 12.1. The van der Waals surface area contributed by atoms with Gasteiger partial charge in [-0.2, -0.15) is 0 Å². The van der Waals surface area contributed by atoms with E-state index in [9.17, 15) is 4.79 Å². The second kappa shape index (κ2) is 8.75. The Morgan fingerprint density at radius 3 is 2.65 bits per heavy atom. The van der Waals surface area contributed by atoms with Gasteiger partial charge in [-0.3, -0.25) is 0 Å². The number of nitrogens with one attached hydrogen (secondary N) is 1. The van der Waals surface area contributed by atoms with Gasteiger partial charge in [0.1, 0.15) is 5.75 Å². The Morgan fingerprint density at radius 2 is 1.81 bits per heavy atom. The molecule has 2 aliphatic rings. The van der Waals surface area contributed by atoms with Crippen molar-refractivity contribution < 1.29 is 9.53 Å². The molecule has 1 aliphatic heterocycles. The first-order chi connectivity index (χ1) is 15.3. The van der Waals surface area contributed by atoms with E-state index >= 15 is 0 Å². The van der Waals surface area contributed by atoms with Gasteiger partial charge in [-0.05, 0) is 67.9 Å². The molecule has 5 heteroatoms. The highest BCUT2D eigenvalue weighted by atomic mass is 32.1. The van der Waals surface area contributed by atoms with Crippen molar-refractivity contribution in [3.63, 3.8) is 0 Å². The van der Waals surface area contributed by atoms with E-state index < -0.39 is 0 Å². The molecule has 1 aliphatic carbocycles. The van der Waals surface area contributed by atoms with E-state index in [0.717, 1.165) is 18.7 Å². The molecule has 1 aromatic heterocycles. The van der Waals surface area contributed by atoms with E-state index in [-0.39, 0.29) is 12.1 Å².